The lowest BCUT2D eigenvalue weighted by Gasteiger charge is -2.02. The van der Waals surface area contributed by atoms with E-state index in [1.54, 1.807) is 13.3 Å². The molecular formula is C20H17BrN4O. The van der Waals surface area contributed by atoms with Crippen LogP contribution in [0.15, 0.2) is 59.3 Å². The van der Waals surface area contributed by atoms with E-state index < -0.39 is 0 Å². The molecule has 4 aromatic rings. The van der Waals surface area contributed by atoms with Crippen LogP contribution in [0.1, 0.15) is 11.5 Å². The Morgan fingerprint density at radius 3 is 2.65 bits per heavy atom. The number of hydrogen-bond donors (Lipinski definition) is 1. The van der Waals surface area contributed by atoms with Crippen molar-refractivity contribution >= 4 is 27.1 Å². The molecule has 1 N–H and O–H groups in total. The average molecular weight is 409 g/mol. The maximum Gasteiger partial charge on any atom is 0.157 e. The van der Waals surface area contributed by atoms with Crippen molar-refractivity contribution in [2.45, 2.75) is 12.8 Å². The lowest BCUT2D eigenvalue weighted by atomic mass is 10.1. The zero-order valence-corrected chi connectivity index (χ0v) is 15.8. The molecule has 0 spiro atoms. The summed E-state index contributed by atoms with van der Waals surface area (Å²) in [5, 5.41) is 0. The summed E-state index contributed by atoms with van der Waals surface area (Å²) in [5.41, 5.74) is 4.83. The van der Waals surface area contributed by atoms with Gasteiger partial charge in [0.15, 0.2) is 5.65 Å². The van der Waals surface area contributed by atoms with Gasteiger partial charge in [0.2, 0.25) is 0 Å². The van der Waals surface area contributed by atoms with E-state index in [4.69, 9.17) is 4.74 Å². The number of nitrogens with zero attached hydrogens (tertiary/aromatic N) is 3. The monoisotopic (exact) mass is 408 g/mol. The first kappa shape index (κ1) is 16.7. The topological polar surface area (TPSA) is 63.7 Å². The second-order valence-electron chi connectivity index (χ2n) is 5.97. The number of nitrogens with one attached hydrogen (secondary N) is 1. The van der Waals surface area contributed by atoms with Gasteiger partial charge in [-0.3, -0.25) is 4.98 Å². The molecule has 130 valence electrons. The SMILES string of the molecule is COc1ccnc(CCc2nc3cc(-c4ccc(Br)cc4)cnc3[nH]2)c1. The van der Waals surface area contributed by atoms with Crippen LogP contribution >= 0.6 is 15.9 Å². The van der Waals surface area contributed by atoms with Crippen molar-refractivity contribution in [3.05, 3.63) is 70.8 Å². The van der Waals surface area contributed by atoms with E-state index in [9.17, 15) is 0 Å². The zero-order chi connectivity index (χ0) is 17.9. The molecule has 0 aliphatic rings. The summed E-state index contributed by atoms with van der Waals surface area (Å²) in [5.74, 6) is 1.73. The number of aromatic nitrogens is 4. The Kier molecular flexibility index (Phi) is 4.67. The normalized spacial score (nSPS) is 11.0. The average Bonchev–Trinajstić information content (AvgIpc) is 3.09. The highest BCUT2D eigenvalue weighted by Gasteiger charge is 2.07. The van der Waals surface area contributed by atoms with Gasteiger partial charge >= 0.3 is 0 Å². The Morgan fingerprint density at radius 1 is 1.00 bits per heavy atom. The molecule has 6 heteroatoms. The molecule has 4 rings (SSSR count). The molecule has 0 fully saturated rings. The maximum absolute atomic E-state index is 5.24. The second-order valence-corrected chi connectivity index (χ2v) is 6.88. The molecule has 0 unspecified atom stereocenters. The number of aryl methyl sites for hydroxylation is 2. The molecular weight excluding hydrogens is 392 g/mol. The van der Waals surface area contributed by atoms with Crippen molar-refractivity contribution in [2.75, 3.05) is 7.11 Å². The molecule has 0 radical (unpaired) electrons. The Balaban J connectivity index is 1.54. The van der Waals surface area contributed by atoms with E-state index in [-0.39, 0.29) is 0 Å². The Labute approximate surface area is 159 Å². The van der Waals surface area contributed by atoms with Crippen LogP contribution in [0.3, 0.4) is 0 Å². The highest BCUT2D eigenvalue weighted by Crippen LogP contribution is 2.23. The number of ether oxygens (including phenoxy) is 1. The summed E-state index contributed by atoms with van der Waals surface area (Å²) >= 11 is 3.46. The standard InChI is InChI=1S/C20H17BrN4O/c1-26-17-8-9-22-16(11-17)6-7-19-24-18-10-14(12-23-20(18)25-19)13-2-4-15(21)5-3-13/h2-5,8-12H,6-7H2,1H3,(H,23,24,25). The molecule has 26 heavy (non-hydrogen) atoms. The van der Waals surface area contributed by atoms with Gasteiger partial charge in [-0.15, -0.1) is 0 Å². The number of methoxy groups -OCH3 is 1. The predicted molar refractivity (Wildman–Crippen MR) is 105 cm³/mol. The first-order valence-electron chi connectivity index (χ1n) is 8.31. The minimum absolute atomic E-state index is 0.768. The van der Waals surface area contributed by atoms with Crippen LogP contribution in [-0.4, -0.2) is 27.0 Å². The number of rotatable bonds is 5. The molecule has 0 aliphatic heterocycles. The third-order valence-electron chi connectivity index (χ3n) is 4.20. The fourth-order valence-corrected chi connectivity index (χ4v) is 3.09. The fraction of sp³-hybridized carbons (Fsp3) is 0.150. The van der Waals surface area contributed by atoms with Gasteiger partial charge in [0.05, 0.1) is 7.11 Å². The van der Waals surface area contributed by atoms with E-state index in [1.807, 2.05) is 30.5 Å². The number of halogens is 1. The number of fused-ring (bicyclic) bond motifs is 1. The Hall–Kier alpha value is -2.73. The molecule has 0 saturated heterocycles. The number of aromatic amines is 1. The minimum atomic E-state index is 0.768. The molecule has 0 aliphatic carbocycles. The molecule has 3 heterocycles. The number of imidazole rings is 1. The van der Waals surface area contributed by atoms with E-state index in [2.05, 4.69) is 54.1 Å². The summed E-state index contributed by atoms with van der Waals surface area (Å²) in [6.45, 7) is 0. The van der Waals surface area contributed by atoms with Crippen molar-refractivity contribution < 1.29 is 4.74 Å². The molecule has 0 atom stereocenters. The van der Waals surface area contributed by atoms with Gasteiger partial charge in [-0.1, -0.05) is 28.1 Å². The lowest BCUT2D eigenvalue weighted by molar-refractivity contribution is 0.413. The third kappa shape index (κ3) is 3.60. The number of pyridine rings is 2. The van der Waals surface area contributed by atoms with Gasteiger partial charge in [0.25, 0.3) is 0 Å². The molecule has 0 amide bonds. The highest BCUT2D eigenvalue weighted by molar-refractivity contribution is 9.10. The fourth-order valence-electron chi connectivity index (χ4n) is 2.83. The predicted octanol–water partition coefficient (Wildman–Crippen LogP) is 4.58. The second kappa shape index (κ2) is 7.25. The van der Waals surface area contributed by atoms with Crippen molar-refractivity contribution in [1.82, 2.24) is 19.9 Å². The smallest absolute Gasteiger partial charge is 0.157 e. The van der Waals surface area contributed by atoms with E-state index in [0.717, 1.165) is 56.9 Å². The van der Waals surface area contributed by atoms with Crippen molar-refractivity contribution in [3.8, 4) is 16.9 Å². The van der Waals surface area contributed by atoms with E-state index in [1.165, 1.54) is 0 Å². The molecule has 3 aromatic heterocycles. The van der Waals surface area contributed by atoms with Crippen LogP contribution in [0.5, 0.6) is 5.75 Å². The largest absolute Gasteiger partial charge is 0.497 e. The van der Waals surface area contributed by atoms with Gasteiger partial charge < -0.3 is 9.72 Å². The van der Waals surface area contributed by atoms with Crippen LogP contribution in [0, 0.1) is 0 Å². The summed E-state index contributed by atoms with van der Waals surface area (Å²) in [6, 6.07) is 14.0. The van der Waals surface area contributed by atoms with Gasteiger partial charge in [-0.2, -0.15) is 0 Å². The summed E-state index contributed by atoms with van der Waals surface area (Å²) in [4.78, 5) is 16.9. The molecule has 0 bridgehead atoms. The Bertz CT molecular complexity index is 1040. The maximum atomic E-state index is 5.24. The van der Waals surface area contributed by atoms with Crippen LogP contribution in [0.4, 0.5) is 0 Å². The van der Waals surface area contributed by atoms with Crippen LogP contribution in [0.25, 0.3) is 22.3 Å². The van der Waals surface area contributed by atoms with Crippen LogP contribution in [-0.2, 0) is 12.8 Å². The Morgan fingerprint density at radius 2 is 1.85 bits per heavy atom. The quantitative estimate of drug-likeness (QED) is 0.524. The summed E-state index contributed by atoms with van der Waals surface area (Å²) in [6.07, 6.45) is 5.19. The highest BCUT2D eigenvalue weighted by atomic mass is 79.9. The number of benzene rings is 1. The number of hydrogen-bond acceptors (Lipinski definition) is 4. The summed E-state index contributed by atoms with van der Waals surface area (Å²) < 4.78 is 6.30. The van der Waals surface area contributed by atoms with E-state index in [0.29, 0.717) is 0 Å². The van der Waals surface area contributed by atoms with Gasteiger partial charge in [0.1, 0.15) is 17.1 Å². The van der Waals surface area contributed by atoms with Gasteiger partial charge in [-0.05, 0) is 36.2 Å². The molecule has 0 saturated carbocycles. The zero-order valence-electron chi connectivity index (χ0n) is 14.2. The van der Waals surface area contributed by atoms with Crippen LogP contribution in [0.2, 0.25) is 0 Å². The first-order valence-corrected chi connectivity index (χ1v) is 9.10. The van der Waals surface area contributed by atoms with Crippen LogP contribution < -0.4 is 4.74 Å². The van der Waals surface area contributed by atoms with Crippen molar-refractivity contribution in [2.24, 2.45) is 0 Å². The minimum Gasteiger partial charge on any atom is -0.497 e. The molecule has 5 nitrogen and oxygen atoms in total. The van der Waals surface area contributed by atoms with Gasteiger partial charge in [-0.25, -0.2) is 9.97 Å². The summed E-state index contributed by atoms with van der Waals surface area (Å²) in [7, 11) is 1.66. The van der Waals surface area contributed by atoms with Gasteiger partial charge in [0, 0.05) is 40.6 Å². The number of H-pyrrole nitrogens is 1. The first-order chi connectivity index (χ1) is 12.7. The third-order valence-corrected chi connectivity index (χ3v) is 4.73. The lowest BCUT2D eigenvalue weighted by Crippen LogP contribution is -1.96. The van der Waals surface area contributed by atoms with E-state index >= 15 is 0 Å². The van der Waals surface area contributed by atoms with Crippen molar-refractivity contribution in [3.63, 3.8) is 0 Å². The molecule has 1 aromatic carbocycles. The van der Waals surface area contributed by atoms with Crippen molar-refractivity contribution in [1.29, 1.82) is 0 Å².